The van der Waals surface area contributed by atoms with Crippen molar-refractivity contribution in [2.45, 2.75) is 39.5 Å². The molecule has 0 saturated heterocycles. The first-order chi connectivity index (χ1) is 18.7. The van der Waals surface area contributed by atoms with Crippen LogP contribution >= 0.6 is 0 Å². The smallest absolute Gasteiger partial charge is 0.336 e. The molecule has 2 amide bonds. The number of hydrogen-bond acceptors (Lipinski definition) is 7. The number of methoxy groups -OCH3 is 1. The highest BCUT2D eigenvalue weighted by Crippen LogP contribution is 2.39. The van der Waals surface area contributed by atoms with Crippen molar-refractivity contribution >= 4 is 29.2 Å². The Kier molecular flexibility index (Phi) is 7.98. The second-order valence-corrected chi connectivity index (χ2v) is 9.39. The molecule has 39 heavy (non-hydrogen) atoms. The van der Waals surface area contributed by atoms with Crippen LogP contribution in [0.5, 0.6) is 0 Å². The molecule has 2 aromatic carbocycles. The Hall–Kier alpha value is -4.68. The number of carbonyl (C=O) groups is 3. The van der Waals surface area contributed by atoms with E-state index in [0.717, 1.165) is 0 Å². The van der Waals surface area contributed by atoms with Gasteiger partial charge in [0, 0.05) is 40.6 Å². The molecule has 2 aromatic rings. The van der Waals surface area contributed by atoms with Gasteiger partial charge in [0.2, 0.25) is 5.91 Å². The van der Waals surface area contributed by atoms with Gasteiger partial charge in [-0.05, 0) is 55.7 Å². The van der Waals surface area contributed by atoms with Gasteiger partial charge in [-0.3, -0.25) is 9.59 Å². The number of dihydropyridines is 1. The topological polar surface area (TPSA) is 123 Å². The molecule has 0 fully saturated rings. The SMILES string of the molecule is C#Cc1cccc(C2C(C(=O)Nc3ccc(C4=NN([O-])C(=O)CC4CC)cc3)=C(C)NC(C)=C2C(=O)OC)c1. The summed E-state index contributed by atoms with van der Waals surface area (Å²) in [6, 6.07) is 14.1. The van der Waals surface area contributed by atoms with Crippen LogP contribution in [0.3, 0.4) is 0 Å². The molecule has 9 heteroatoms. The molecule has 2 N–H and O–H groups in total. The van der Waals surface area contributed by atoms with Crippen LogP contribution in [0.25, 0.3) is 0 Å². The van der Waals surface area contributed by atoms with Gasteiger partial charge in [0.05, 0.1) is 24.3 Å². The summed E-state index contributed by atoms with van der Waals surface area (Å²) in [5.41, 5.74) is 4.88. The number of benzene rings is 2. The largest absolute Gasteiger partial charge is 0.735 e. The van der Waals surface area contributed by atoms with Crippen molar-refractivity contribution in [3.05, 3.63) is 93.0 Å². The van der Waals surface area contributed by atoms with Crippen molar-refractivity contribution in [1.82, 2.24) is 10.5 Å². The highest BCUT2D eigenvalue weighted by molar-refractivity contribution is 6.09. The van der Waals surface area contributed by atoms with E-state index >= 15 is 0 Å². The summed E-state index contributed by atoms with van der Waals surface area (Å²) in [7, 11) is 1.30. The summed E-state index contributed by atoms with van der Waals surface area (Å²) >= 11 is 0. The Labute approximate surface area is 227 Å². The summed E-state index contributed by atoms with van der Waals surface area (Å²) in [5, 5.41) is 22.0. The number of ether oxygens (including phenoxy) is 1. The monoisotopic (exact) mass is 525 g/mol. The van der Waals surface area contributed by atoms with E-state index < -0.39 is 23.7 Å². The van der Waals surface area contributed by atoms with Gasteiger partial charge < -0.3 is 25.7 Å². The zero-order chi connectivity index (χ0) is 28.3. The van der Waals surface area contributed by atoms with E-state index in [1.165, 1.54) is 7.11 Å². The first kappa shape index (κ1) is 27.4. The fourth-order valence-corrected chi connectivity index (χ4v) is 4.99. The first-order valence-electron chi connectivity index (χ1n) is 12.5. The lowest BCUT2D eigenvalue weighted by atomic mass is 9.79. The highest BCUT2D eigenvalue weighted by atomic mass is 16.5. The number of anilines is 1. The van der Waals surface area contributed by atoms with Gasteiger partial charge >= 0.3 is 5.97 Å². The second-order valence-electron chi connectivity index (χ2n) is 9.39. The quantitative estimate of drug-likeness (QED) is 0.431. The Morgan fingerprint density at radius 1 is 1.18 bits per heavy atom. The molecular formula is C30H29N4O5-. The molecule has 2 aliphatic rings. The van der Waals surface area contributed by atoms with E-state index in [-0.39, 0.29) is 17.5 Å². The molecular weight excluding hydrogens is 496 g/mol. The molecule has 0 radical (unpaired) electrons. The Morgan fingerprint density at radius 2 is 1.87 bits per heavy atom. The number of allylic oxidation sites excluding steroid dienone is 2. The van der Waals surface area contributed by atoms with Gasteiger partial charge in [0.25, 0.3) is 5.91 Å². The predicted octanol–water partition coefficient (Wildman–Crippen LogP) is 4.17. The number of terminal acetylenes is 1. The van der Waals surface area contributed by atoms with E-state index in [1.54, 1.807) is 56.3 Å². The molecule has 0 aromatic heterocycles. The van der Waals surface area contributed by atoms with Crippen molar-refractivity contribution in [3.8, 4) is 12.3 Å². The average Bonchev–Trinajstić information content (AvgIpc) is 2.93. The number of nitrogens with zero attached hydrogens (tertiary/aromatic N) is 2. The van der Waals surface area contributed by atoms with Crippen molar-refractivity contribution in [2.75, 3.05) is 12.4 Å². The van der Waals surface area contributed by atoms with E-state index in [2.05, 4.69) is 21.7 Å². The molecule has 200 valence electrons. The standard InChI is InChI=1S/C30H29N4O5/c1-6-19-9-8-10-22(15-19)27-25(17(3)31-18(4)26(27)30(37)39-5)29(36)32-23-13-11-21(12-14-23)28-20(7-2)16-24(35)34(38)33-28/h1,8-15,20,27,31H,7,16H2,2-5H3,(H,32,36)/q-1. The Bertz CT molecular complexity index is 1460. The normalized spacial score (nSPS) is 19.2. The van der Waals surface area contributed by atoms with Crippen LogP contribution in [0.4, 0.5) is 5.69 Å². The van der Waals surface area contributed by atoms with Crippen molar-refractivity contribution in [1.29, 1.82) is 0 Å². The third kappa shape index (κ3) is 5.47. The van der Waals surface area contributed by atoms with E-state index in [1.807, 2.05) is 13.0 Å². The molecule has 9 nitrogen and oxygen atoms in total. The van der Waals surface area contributed by atoms with Crippen molar-refractivity contribution in [3.63, 3.8) is 0 Å². The fourth-order valence-electron chi connectivity index (χ4n) is 4.99. The van der Waals surface area contributed by atoms with Crippen LogP contribution < -0.4 is 10.6 Å². The maximum absolute atomic E-state index is 13.7. The molecule has 0 aliphatic carbocycles. The predicted molar refractivity (Wildman–Crippen MR) is 148 cm³/mol. The van der Waals surface area contributed by atoms with Gasteiger partial charge in [0.15, 0.2) is 0 Å². The summed E-state index contributed by atoms with van der Waals surface area (Å²) in [5.74, 6) is 0.211. The molecule has 2 atom stereocenters. The number of hydrazone groups is 1. The number of esters is 1. The molecule has 0 spiro atoms. The summed E-state index contributed by atoms with van der Waals surface area (Å²) in [6.45, 7) is 5.47. The van der Waals surface area contributed by atoms with Crippen LogP contribution in [0, 0.1) is 23.5 Å². The van der Waals surface area contributed by atoms with Crippen LogP contribution in [0.1, 0.15) is 56.2 Å². The minimum absolute atomic E-state index is 0.107. The highest BCUT2D eigenvalue weighted by Gasteiger charge is 2.37. The summed E-state index contributed by atoms with van der Waals surface area (Å²) in [4.78, 5) is 38.3. The lowest BCUT2D eigenvalue weighted by Gasteiger charge is -2.32. The van der Waals surface area contributed by atoms with Crippen molar-refractivity contribution < 1.29 is 19.1 Å². The maximum Gasteiger partial charge on any atom is 0.336 e. The zero-order valence-corrected chi connectivity index (χ0v) is 22.2. The minimum Gasteiger partial charge on any atom is -0.735 e. The van der Waals surface area contributed by atoms with Gasteiger partial charge in [-0.2, -0.15) is 5.10 Å². The fraction of sp³-hybridized carbons (Fsp3) is 0.267. The third-order valence-corrected chi connectivity index (χ3v) is 6.95. The number of rotatable bonds is 6. The van der Waals surface area contributed by atoms with Crippen LogP contribution in [-0.2, 0) is 19.1 Å². The van der Waals surface area contributed by atoms with Gasteiger partial charge in [-0.1, -0.05) is 37.1 Å². The number of nitrogens with one attached hydrogen (secondary N) is 2. The number of hydroxylamine groups is 1. The van der Waals surface area contributed by atoms with Gasteiger partial charge in [-0.25, -0.2) is 4.79 Å². The van der Waals surface area contributed by atoms with Crippen LogP contribution in [0.15, 0.2) is 76.2 Å². The zero-order valence-electron chi connectivity index (χ0n) is 22.2. The van der Waals surface area contributed by atoms with Crippen LogP contribution in [-0.4, -0.2) is 35.8 Å². The van der Waals surface area contributed by atoms with Crippen molar-refractivity contribution in [2.24, 2.45) is 11.0 Å². The summed E-state index contributed by atoms with van der Waals surface area (Å²) < 4.78 is 5.06. The van der Waals surface area contributed by atoms with E-state index in [0.29, 0.717) is 57.1 Å². The van der Waals surface area contributed by atoms with E-state index in [4.69, 9.17) is 11.2 Å². The molecule has 0 saturated carbocycles. The second kappa shape index (κ2) is 11.4. The van der Waals surface area contributed by atoms with Crippen LogP contribution in [0.2, 0.25) is 0 Å². The molecule has 4 rings (SSSR count). The summed E-state index contributed by atoms with van der Waals surface area (Å²) in [6.07, 6.45) is 6.38. The van der Waals surface area contributed by atoms with E-state index in [9.17, 15) is 19.6 Å². The lowest BCUT2D eigenvalue weighted by molar-refractivity contribution is -0.136. The maximum atomic E-state index is 13.7. The number of amides is 2. The molecule has 2 unspecified atom stereocenters. The molecule has 2 aliphatic heterocycles. The number of hydrogen-bond donors (Lipinski definition) is 2. The molecule has 2 heterocycles. The first-order valence-corrected chi connectivity index (χ1v) is 12.5. The van der Waals surface area contributed by atoms with Gasteiger partial charge in [-0.15, -0.1) is 6.42 Å². The molecule has 0 bridgehead atoms. The Morgan fingerprint density at radius 3 is 2.51 bits per heavy atom. The Balaban J connectivity index is 1.67. The number of carbonyl (C=O) groups excluding carboxylic acids is 3. The average molecular weight is 526 g/mol. The van der Waals surface area contributed by atoms with Gasteiger partial charge in [0.1, 0.15) is 0 Å². The minimum atomic E-state index is -0.714. The lowest BCUT2D eigenvalue weighted by Crippen LogP contribution is -2.34. The third-order valence-electron chi connectivity index (χ3n) is 6.95.